The number of unbranched alkanes of at least 4 members (excludes halogenated alkanes) is 26. The van der Waals surface area contributed by atoms with Crippen LogP contribution in [0.15, 0.2) is 12.4 Å². The Labute approximate surface area is 272 Å². The molecule has 2 nitrogen and oxygen atoms in total. The number of hydrogen-bond donors (Lipinski definition) is 1. The molecule has 0 saturated carbocycles. The highest BCUT2D eigenvalue weighted by Gasteiger charge is 2.25. The third-order valence-corrected chi connectivity index (χ3v) is 10.1. The average molecular weight is 602 g/mol. The van der Waals surface area contributed by atoms with Crippen LogP contribution in [0.4, 0.5) is 0 Å². The third-order valence-electron chi connectivity index (χ3n) is 10.1. The molecular formula is C41H81N2+. The van der Waals surface area contributed by atoms with Crippen molar-refractivity contribution in [2.24, 2.45) is 0 Å². The van der Waals surface area contributed by atoms with Crippen LogP contribution in [0.25, 0.3) is 0 Å². The van der Waals surface area contributed by atoms with Crippen molar-refractivity contribution < 1.29 is 4.57 Å². The topological polar surface area (TPSA) is 19.7 Å². The zero-order valence-electron chi connectivity index (χ0n) is 30.4. The van der Waals surface area contributed by atoms with Crippen LogP contribution < -0.4 is 4.57 Å². The van der Waals surface area contributed by atoms with Crippen molar-refractivity contribution in [3.8, 4) is 0 Å². The Morgan fingerprint density at radius 3 is 1.09 bits per heavy atom. The van der Waals surface area contributed by atoms with Crippen LogP contribution in [0.1, 0.15) is 251 Å². The summed E-state index contributed by atoms with van der Waals surface area (Å²) in [7, 11) is 0. The van der Waals surface area contributed by atoms with Gasteiger partial charge in [0.25, 0.3) is 5.82 Å². The first-order chi connectivity index (χ1) is 21.2. The minimum atomic E-state index is 0.619. The lowest BCUT2D eigenvalue weighted by Gasteiger charge is -2.17. The molecule has 254 valence electrons. The molecule has 1 aromatic rings. The monoisotopic (exact) mass is 602 g/mol. The van der Waals surface area contributed by atoms with Crippen LogP contribution >= 0.6 is 0 Å². The summed E-state index contributed by atoms with van der Waals surface area (Å²) in [5.41, 5.74) is 0. The molecule has 0 aliphatic rings. The van der Waals surface area contributed by atoms with Crippen molar-refractivity contribution in [3.05, 3.63) is 18.2 Å². The maximum absolute atomic E-state index is 3.74. The fraction of sp³-hybridized carbons (Fsp3) is 0.927. The summed E-state index contributed by atoms with van der Waals surface area (Å²) in [6.45, 7) is 9.42. The number of rotatable bonds is 34. The van der Waals surface area contributed by atoms with E-state index in [1.807, 2.05) is 0 Å². The van der Waals surface area contributed by atoms with E-state index in [9.17, 15) is 0 Å². The van der Waals surface area contributed by atoms with Gasteiger partial charge in [0.2, 0.25) is 0 Å². The quantitative estimate of drug-likeness (QED) is 0.0599. The van der Waals surface area contributed by atoms with Gasteiger partial charge in [0.15, 0.2) is 0 Å². The smallest absolute Gasteiger partial charge is 0.247 e. The molecule has 1 heterocycles. The Morgan fingerprint density at radius 1 is 0.442 bits per heavy atom. The van der Waals surface area contributed by atoms with Crippen LogP contribution in [0.3, 0.4) is 0 Å². The van der Waals surface area contributed by atoms with Gasteiger partial charge in [-0.25, -0.2) is 9.55 Å². The first kappa shape index (κ1) is 40.2. The van der Waals surface area contributed by atoms with E-state index in [0.717, 1.165) is 0 Å². The summed E-state index contributed by atoms with van der Waals surface area (Å²) < 4.78 is 2.63. The number of imidazole rings is 1. The molecule has 1 N–H and O–H groups in total. The summed E-state index contributed by atoms with van der Waals surface area (Å²) >= 11 is 0. The molecule has 0 bridgehead atoms. The second kappa shape index (κ2) is 31.2. The number of aromatic nitrogens is 2. The molecule has 0 fully saturated rings. The maximum Gasteiger partial charge on any atom is 0.257 e. The van der Waals surface area contributed by atoms with Crippen molar-refractivity contribution >= 4 is 0 Å². The molecule has 0 aromatic carbocycles. The summed E-state index contributed by atoms with van der Waals surface area (Å²) in [5, 5.41) is 0. The van der Waals surface area contributed by atoms with Gasteiger partial charge in [-0.2, -0.15) is 0 Å². The highest BCUT2D eigenvalue weighted by atomic mass is 15.1. The van der Waals surface area contributed by atoms with Gasteiger partial charge in [-0.1, -0.05) is 201 Å². The van der Waals surface area contributed by atoms with Crippen LogP contribution in [-0.2, 0) is 0 Å². The van der Waals surface area contributed by atoms with Gasteiger partial charge in [-0.05, 0) is 32.6 Å². The van der Waals surface area contributed by atoms with Crippen molar-refractivity contribution in [2.75, 3.05) is 0 Å². The van der Waals surface area contributed by atoms with E-state index in [1.165, 1.54) is 211 Å². The minimum Gasteiger partial charge on any atom is -0.247 e. The molecule has 0 radical (unpaired) electrons. The molecule has 0 saturated heterocycles. The lowest BCUT2D eigenvalue weighted by molar-refractivity contribution is -0.727. The Kier molecular flexibility index (Phi) is 29.2. The van der Waals surface area contributed by atoms with E-state index < -0.39 is 0 Å². The highest BCUT2D eigenvalue weighted by Crippen LogP contribution is 2.27. The summed E-state index contributed by atoms with van der Waals surface area (Å²) in [6, 6.07) is 0.619. The van der Waals surface area contributed by atoms with Gasteiger partial charge in [0.05, 0.1) is 12.0 Å². The number of aromatic amines is 1. The molecule has 0 aliphatic heterocycles. The van der Waals surface area contributed by atoms with E-state index in [4.69, 9.17) is 0 Å². The summed E-state index contributed by atoms with van der Waals surface area (Å²) in [4.78, 5) is 3.74. The molecule has 0 aliphatic carbocycles. The second-order valence-corrected chi connectivity index (χ2v) is 14.4. The number of nitrogens with zero attached hydrogens (tertiary/aromatic N) is 1. The zero-order valence-corrected chi connectivity index (χ0v) is 30.4. The molecule has 2 heteroatoms. The van der Waals surface area contributed by atoms with Crippen molar-refractivity contribution in [1.29, 1.82) is 0 Å². The Morgan fingerprint density at radius 2 is 0.744 bits per heavy atom. The Balaban J connectivity index is 2.28. The molecule has 1 rings (SSSR count). The van der Waals surface area contributed by atoms with E-state index in [1.54, 1.807) is 0 Å². The molecule has 1 aromatic heterocycles. The van der Waals surface area contributed by atoms with E-state index in [-0.39, 0.29) is 0 Å². The largest absolute Gasteiger partial charge is 0.257 e. The third kappa shape index (κ3) is 23.2. The number of nitrogens with one attached hydrogen (secondary N) is 1. The van der Waals surface area contributed by atoms with Gasteiger partial charge >= 0.3 is 0 Å². The van der Waals surface area contributed by atoms with Gasteiger partial charge in [-0.3, -0.25) is 0 Å². The summed E-state index contributed by atoms with van der Waals surface area (Å²) in [5.74, 6) is 2.24. The van der Waals surface area contributed by atoms with Gasteiger partial charge in [0.1, 0.15) is 12.4 Å². The van der Waals surface area contributed by atoms with E-state index in [2.05, 4.69) is 49.6 Å². The molecule has 2 unspecified atom stereocenters. The fourth-order valence-electron chi connectivity index (χ4n) is 7.13. The lowest BCUT2D eigenvalue weighted by atomic mass is 9.93. The molecular weight excluding hydrogens is 520 g/mol. The van der Waals surface area contributed by atoms with Crippen molar-refractivity contribution in [3.63, 3.8) is 0 Å². The first-order valence-electron chi connectivity index (χ1n) is 20.3. The van der Waals surface area contributed by atoms with Crippen molar-refractivity contribution in [2.45, 2.75) is 245 Å². The van der Waals surface area contributed by atoms with Crippen LogP contribution in [0.2, 0.25) is 0 Å². The standard InChI is InChI=1S/C41H80N2/c1-5-8-11-14-16-18-19-20-21-22-23-25-26-29-31-34-39(4)43-38-37-42-41(43)40(35-32-28-13-10-7-3)36-33-30-27-24-17-15-12-9-6-2/h37-40H,5-36H2,1-4H3/p+1. The van der Waals surface area contributed by atoms with Crippen LogP contribution in [0, 0.1) is 0 Å². The van der Waals surface area contributed by atoms with Gasteiger partial charge < -0.3 is 0 Å². The molecule has 43 heavy (non-hydrogen) atoms. The fourth-order valence-corrected chi connectivity index (χ4v) is 7.13. The van der Waals surface area contributed by atoms with E-state index >= 15 is 0 Å². The Hall–Kier alpha value is -0.790. The number of H-pyrrole nitrogens is 1. The predicted molar refractivity (Wildman–Crippen MR) is 193 cm³/mol. The predicted octanol–water partition coefficient (Wildman–Crippen LogP) is 14.5. The second-order valence-electron chi connectivity index (χ2n) is 14.4. The van der Waals surface area contributed by atoms with Gasteiger partial charge in [-0.15, -0.1) is 0 Å². The maximum atomic E-state index is 3.74. The minimum absolute atomic E-state index is 0.619. The zero-order chi connectivity index (χ0) is 31.1. The lowest BCUT2D eigenvalue weighted by Crippen LogP contribution is -2.41. The average Bonchev–Trinajstić information content (AvgIpc) is 3.51. The molecule has 0 amide bonds. The number of hydrogen-bond acceptors (Lipinski definition) is 0. The Bertz CT molecular complexity index is 664. The first-order valence-corrected chi connectivity index (χ1v) is 20.3. The van der Waals surface area contributed by atoms with Crippen molar-refractivity contribution in [1.82, 2.24) is 4.98 Å². The van der Waals surface area contributed by atoms with Crippen LogP contribution in [-0.4, -0.2) is 4.98 Å². The normalized spacial score (nSPS) is 13.1. The summed E-state index contributed by atoms with van der Waals surface area (Å²) in [6.07, 6.45) is 50.2. The van der Waals surface area contributed by atoms with E-state index in [0.29, 0.717) is 12.0 Å². The highest BCUT2D eigenvalue weighted by molar-refractivity contribution is 4.90. The van der Waals surface area contributed by atoms with Crippen LogP contribution in [0.5, 0.6) is 0 Å². The molecule has 2 atom stereocenters. The van der Waals surface area contributed by atoms with Gasteiger partial charge in [0, 0.05) is 0 Å². The SMILES string of the molecule is CCCCCCCCCCCCCCCCCC(C)[n+]1cc[nH]c1C(CCCCCCC)CCCCCCCCCCC. The molecule has 0 spiro atoms.